The molecule has 1 aromatic carbocycles. The molecule has 3 rings (SSSR count). The van der Waals surface area contributed by atoms with Gasteiger partial charge < -0.3 is 24.1 Å². The van der Waals surface area contributed by atoms with Crippen LogP contribution in [-0.4, -0.2) is 74.6 Å². The van der Waals surface area contributed by atoms with Crippen LogP contribution in [0.3, 0.4) is 0 Å². The fraction of sp³-hybridized carbons (Fsp3) is 0.400. The van der Waals surface area contributed by atoms with Crippen molar-refractivity contribution in [1.82, 2.24) is 15.1 Å². The smallest absolute Gasteiger partial charge is 0.289 e. The third-order valence-corrected chi connectivity index (χ3v) is 4.57. The Kier molecular flexibility index (Phi) is 6.91. The number of methoxy groups -OCH3 is 1. The average Bonchev–Trinajstić information content (AvgIpc) is 3.27. The highest BCUT2D eigenvalue weighted by molar-refractivity contribution is 5.91. The molecular weight excluding hydrogens is 362 g/mol. The van der Waals surface area contributed by atoms with Crippen molar-refractivity contribution in [3.63, 3.8) is 0 Å². The zero-order chi connectivity index (χ0) is 19.8. The van der Waals surface area contributed by atoms with E-state index in [2.05, 4.69) is 10.2 Å². The van der Waals surface area contributed by atoms with Crippen LogP contribution in [0.1, 0.15) is 10.6 Å². The molecule has 0 spiro atoms. The van der Waals surface area contributed by atoms with Crippen LogP contribution >= 0.6 is 0 Å². The van der Waals surface area contributed by atoms with E-state index in [1.165, 1.54) is 6.26 Å². The Morgan fingerprint density at radius 3 is 2.50 bits per heavy atom. The molecule has 1 N–H and O–H groups in total. The predicted octanol–water partition coefficient (Wildman–Crippen LogP) is 1.24. The Morgan fingerprint density at radius 1 is 1.07 bits per heavy atom. The van der Waals surface area contributed by atoms with E-state index in [1.807, 2.05) is 12.1 Å². The van der Waals surface area contributed by atoms with Crippen molar-refractivity contribution in [2.75, 3.05) is 53.0 Å². The number of piperazine rings is 1. The molecule has 1 saturated heterocycles. The topological polar surface area (TPSA) is 84.3 Å². The van der Waals surface area contributed by atoms with Crippen LogP contribution in [0.25, 0.3) is 0 Å². The fourth-order valence-electron chi connectivity index (χ4n) is 3.02. The number of carbonyl (C=O) groups excluding carboxylic acids is 2. The molecule has 150 valence electrons. The molecule has 0 radical (unpaired) electrons. The third-order valence-electron chi connectivity index (χ3n) is 4.57. The molecule has 0 unspecified atom stereocenters. The first-order valence-corrected chi connectivity index (χ1v) is 9.25. The van der Waals surface area contributed by atoms with Gasteiger partial charge in [-0.2, -0.15) is 0 Å². The molecule has 0 aliphatic carbocycles. The lowest BCUT2D eigenvalue weighted by atomic mass is 10.3. The van der Waals surface area contributed by atoms with Crippen molar-refractivity contribution < 1.29 is 23.5 Å². The number of nitrogens with zero attached hydrogens (tertiary/aromatic N) is 2. The summed E-state index contributed by atoms with van der Waals surface area (Å²) in [6.45, 7) is 4.00. The Morgan fingerprint density at radius 2 is 1.82 bits per heavy atom. The van der Waals surface area contributed by atoms with E-state index < -0.39 is 0 Å². The monoisotopic (exact) mass is 387 g/mol. The summed E-state index contributed by atoms with van der Waals surface area (Å²) >= 11 is 0. The molecule has 1 aromatic heterocycles. The van der Waals surface area contributed by atoms with Crippen molar-refractivity contribution in [3.05, 3.63) is 48.4 Å². The molecule has 2 heterocycles. The molecule has 8 nitrogen and oxygen atoms in total. The van der Waals surface area contributed by atoms with Crippen molar-refractivity contribution in [1.29, 1.82) is 0 Å². The molecule has 1 fully saturated rings. The van der Waals surface area contributed by atoms with Gasteiger partial charge in [-0.1, -0.05) is 12.1 Å². The van der Waals surface area contributed by atoms with Crippen LogP contribution in [0.4, 0.5) is 0 Å². The van der Waals surface area contributed by atoms with Crippen LogP contribution < -0.4 is 14.8 Å². The maximum absolute atomic E-state index is 12.2. The molecule has 2 amide bonds. The number of nitrogens with one attached hydrogen (secondary N) is 1. The van der Waals surface area contributed by atoms with Gasteiger partial charge in [0, 0.05) is 39.3 Å². The van der Waals surface area contributed by atoms with Crippen LogP contribution in [0, 0.1) is 0 Å². The Balaban J connectivity index is 1.32. The Labute approximate surface area is 164 Å². The lowest BCUT2D eigenvalue weighted by Crippen LogP contribution is -2.50. The highest BCUT2D eigenvalue weighted by Crippen LogP contribution is 2.25. The summed E-state index contributed by atoms with van der Waals surface area (Å²) < 4.78 is 15.9. The van der Waals surface area contributed by atoms with Gasteiger partial charge in [-0.25, -0.2) is 0 Å². The summed E-state index contributed by atoms with van der Waals surface area (Å²) in [5, 5.41) is 2.85. The summed E-state index contributed by atoms with van der Waals surface area (Å²) in [7, 11) is 1.56. The van der Waals surface area contributed by atoms with E-state index in [-0.39, 0.29) is 18.4 Å². The number of hydrogen-bond donors (Lipinski definition) is 1. The van der Waals surface area contributed by atoms with Crippen molar-refractivity contribution in [2.24, 2.45) is 0 Å². The first-order valence-electron chi connectivity index (χ1n) is 9.25. The second kappa shape index (κ2) is 9.80. The molecule has 1 aliphatic heterocycles. The lowest BCUT2D eigenvalue weighted by Gasteiger charge is -2.34. The van der Waals surface area contributed by atoms with E-state index in [0.29, 0.717) is 36.9 Å². The number of furan rings is 1. The molecule has 0 saturated carbocycles. The van der Waals surface area contributed by atoms with Crippen LogP contribution in [0.5, 0.6) is 11.5 Å². The van der Waals surface area contributed by atoms with Gasteiger partial charge in [-0.05, 0) is 24.3 Å². The zero-order valence-corrected chi connectivity index (χ0v) is 15.9. The highest BCUT2D eigenvalue weighted by Gasteiger charge is 2.23. The third kappa shape index (κ3) is 5.26. The maximum Gasteiger partial charge on any atom is 0.289 e. The normalized spacial score (nSPS) is 14.5. The van der Waals surface area contributed by atoms with Gasteiger partial charge in [-0.15, -0.1) is 0 Å². The average molecular weight is 387 g/mol. The summed E-state index contributed by atoms with van der Waals surface area (Å²) in [5.41, 5.74) is 0. The molecule has 0 bridgehead atoms. The number of benzene rings is 1. The first-order chi connectivity index (χ1) is 13.7. The number of carbonyl (C=O) groups is 2. The van der Waals surface area contributed by atoms with E-state index >= 15 is 0 Å². The quantitative estimate of drug-likeness (QED) is 0.734. The fourth-order valence-corrected chi connectivity index (χ4v) is 3.02. The SMILES string of the molecule is COc1ccccc1OCC(=O)NCCN1CCN(C(=O)c2ccco2)CC1. The molecule has 2 aromatic rings. The highest BCUT2D eigenvalue weighted by atomic mass is 16.5. The Hall–Kier alpha value is -3.00. The summed E-state index contributed by atoms with van der Waals surface area (Å²) in [4.78, 5) is 28.2. The van der Waals surface area contributed by atoms with Crippen LogP contribution in [-0.2, 0) is 4.79 Å². The minimum Gasteiger partial charge on any atom is -0.493 e. The second-order valence-corrected chi connectivity index (χ2v) is 6.40. The maximum atomic E-state index is 12.2. The minimum atomic E-state index is -0.183. The Bertz CT molecular complexity index is 770. The van der Waals surface area contributed by atoms with Crippen LogP contribution in [0.2, 0.25) is 0 Å². The van der Waals surface area contributed by atoms with E-state index in [4.69, 9.17) is 13.9 Å². The van der Waals surface area contributed by atoms with Crippen molar-refractivity contribution >= 4 is 11.8 Å². The van der Waals surface area contributed by atoms with Gasteiger partial charge in [0.15, 0.2) is 23.9 Å². The zero-order valence-electron chi connectivity index (χ0n) is 15.9. The minimum absolute atomic E-state index is 0.0637. The number of amides is 2. The summed E-state index contributed by atoms with van der Waals surface area (Å²) in [6.07, 6.45) is 1.50. The predicted molar refractivity (Wildman–Crippen MR) is 103 cm³/mol. The molecular formula is C20H25N3O5. The van der Waals surface area contributed by atoms with Gasteiger partial charge >= 0.3 is 0 Å². The van der Waals surface area contributed by atoms with Gasteiger partial charge in [0.05, 0.1) is 13.4 Å². The number of para-hydroxylation sites is 2. The van der Waals surface area contributed by atoms with Gasteiger partial charge in [0.25, 0.3) is 11.8 Å². The molecule has 0 atom stereocenters. The molecule has 28 heavy (non-hydrogen) atoms. The van der Waals surface area contributed by atoms with Crippen molar-refractivity contribution in [3.8, 4) is 11.5 Å². The number of hydrogen-bond acceptors (Lipinski definition) is 6. The number of rotatable bonds is 8. The molecule has 1 aliphatic rings. The molecule has 8 heteroatoms. The van der Waals surface area contributed by atoms with Gasteiger partial charge in [0.2, 0.25) is 0 Å². The number of ether oxygens (including phenoxy) is 2. The van der Waals surface area contributed by atoms with Gasteiger partial charge in [0.1, 0.15) is 0 Å². The largest absolute Gasteiger partial charge is 0.493 e. The second-order valence-electron chi connectivity index (χ2n) is 6.40. The van der Waals surface area contributed by atoms with E-state index in [1.54, 1.807) is 36.3 Å². The van der Waals surface area contributed by atoms with Gasteiger partial charge in [-0.3, -0.25) is 14.5 Å². The standard InChI is InChI=1S/C20H25N3O5/c1-26-16-5-2-3-6-17(16)28-15-19(24)21-8-9-22-10-12-23(13-11-22)20(25)18-7-4-14-27-18/h2-7,14H,8-13,15H2,1H3,(H,21,24). The van der Waals surface area contributed by atoms with E-state index in [9.17, 15) is 9.59 Å². The van der Waals surface area contributed by atoms with Crippen molar-refractivity contribution in [2.45, 2.75) is 0 Å². The summed E-state index contributed by atoms with van der Waals surface area (Å²) in [6, 6.07) is 10.6. The lowest BCUT2D eigenvalue weighted by molar-refractivity contribution is -0.123. The van der Waals surface area contributed by atoms with Crippen LogP contribution in [0.15, 0.2) is 47.1 Å². The summed E-state index contributed by atoms with van der Waals surface area (Å²) in [5.74, 6) is 1.24. The van der Waals surface area contributed by atoms with E-state index in [0.717, 1.165) is 19.6 Å². The first kappa shape index (κ1) is 19.8.